The summed E-state index contributed by atoms with van der Waals surface area (Å²) in [5.41, 5.74) is 0.884. The molecule has 0 spiro atoms. The molecule has 1 fully saturated rings. The number of anilines is 1. The predicted octanol–water partition coefficient (Wildman–Crippen LogP) is 3.06. The second-order valence-electron chi connectivity index (χ2n) is 8.08. The molecule has 180 valence electrons. The molecule has 4 heterocycles. The van der Waals surface area contributed by atoms with Crippen LogP contribution in [0.1, 0.15) is 34.1 Å². The third kappa shape index (κ3) is 5.19. The molecule has 1 aliphatic heterocycles. The number of piperazine rings is 1. The Morgan fingerprint density at radius 1 is 1.06 bits per heavy atom. The summed E-state index contributed by atoms with van der Waals surface area (Å²) in [5, 5.41) is 7.01. The summed E-state index contributed by atoms with van der Waals surface area (Å²) < 4.78 is 39.7. The molecule has 4 rings (SSSR count). The van der Waals surface area contributed by atoms with Crippen LogP contribution in [0, 0.1) is 6.92 Å². The Hall–Kier alpha value is -3.47. The summed E-state index contributed by atoms with van der Waals surface area (Å²) in [7, 11) is 0. The highest BCUT2D eigenvalue weighted by Crippen LogP contribution is 2.28. The Labute approximate surface area is 195 Å². The van der Waals surface area contributed by atoms with Gasteiger partial charge in [-0.1, -0.05) is 6.92 Å². The van der Waals surface area contributed by atoms with Crippen molar-refractivity contribution in [1.82, 2.24) is 30.0 Å². The fraction of sp³-hybridized carbons (Fsp3) is 0.391. The highest BCUT2D eigenvalue weighted by Gasteiger charge is 2.31. The summed E-state index contributed by atoms with van der Waals surface area (Å²) in [6.07, 6.45) is -0.594. The Kier molecular flexibility index (Phi) is 6.82. The van der Waals surface area contributed by atoms with E-state index in [1.807, 2.05) is 12.1 Å². The van der Waals surface area contributed by atoms with Gasteiger partial charge >= 0.3 is 6.18 Å². The van der Waals surface area contributed by atoms with Gasteiger partial charge in [0.15, 0.2) is 5.82 Å². The number of carbonyl (C=O) groups is 1. The van der Waals surface area contributed by atoms with Crippen LogP contribution in [0.25, 0.3) is 5.82 Å². The highest BCUT2D eigenvalue weighted by molar-refractivity contribution is 5.95. The first-order valence-corrected chi connectivity index (χ1v) is 11.0. The van der Waals surface area contributed by atoms with E-state index in [4.69, 9.17) is 0 Å². The van der Waals surface area contributed by atoms with Gasteiger partial charge in [-0.3, -0.25) is 4.79 Å². The lowest BCUT2D eigenvalue weighted by Crippen LogP contribution is -2.46. The maximum atomic E-state index is 12.8. The second kappa shape index (κ2) is 9.80. The van der Waals surface area contributed by atoms with Crippen LogP contribution >= 0.6 is 0 Å². The molecular weight excluding hydrogens is 447 g/mol. The summed E-state index contributed by atoms with van der Waals surface area (Å²) in [6, 6.07) is 5.99. The van der Waals surface area contributed by atoms with Gasteiger partial charge in [-0.2, -0.15) is 18.3 Å². The van der Waals surface area contributed by atoms with Crippen LogP contribution in [-0.2, 0) is 12.7 Å². The smallest absolute Gasteiger partial charge is 0.354 e. The van der Waals surface area contributed by atoms with Crippen LogP contribution in [0.15, 0.2) is 42.9 Å². The minimum atomic E-state index is -4.47. The second-order valence-corrected chi connectivity index (χ2v) is 8.08. The standard InChI is InChI=1S/C23H26F3N7O/c1-3-31-8-10-32(11-9-31)21-12-17(6-7-27-21)13-29-22(34)19-15-30-33(16(19)2)20-5-4-18(14-28-20)23(24,25)26/h4-7,12,14-15H,3,8-11,13H2,1-2H3,(H,29,34). The number of alkyl halides is 3. The number of nitrogens with one attached hydrogen (secondary N) is 1. The number of aromatic nitrogens is 4. The lowest BCUT2D eigenvalue weighted by molar-refractivity contribution is -0.137. The van der Waals surface area contributed by atoms with Crippen LogP contribution in [0.5, 0.6) is 0 Å². The monoisotopic (exact) mass is 473 g/mol. The van der Waals surface area contributed by atoms with E-state index in [2.05, 4.69) is 37.1 Å². The van der Waals surface area contributed by atoms with Gasteiger partial charge in [0.2, 0.25) is 0 Å². The minimum absolute atomic E-state index is 0.200. The van der Waals surface area contributed by atoms with Crippen molar-refractivity contribution in [2.24, 2.45) is 0 Å². The van der Waals surface area contributed by atoms with Gasteiger partial charge in [-0.05, 0) is 43.3 Å². The number of hydrogen-bond donors (Lipinski definition) is 1. The molecule has 34 heavy (non-hydrogen) atoms. The summed E-state index contributed by atoms with van der Waals surface area (Å²) >= 11 is 0. The fourth-order valence-corrected chi connectivity index (χ4v) is 3.86. The Bertz CT molecular complexity index is 1140. The largest absolute Gasteiger partial charge is 0.417 e. The van der Waals surface area contributed by atoms with Gasteiger partial charge < -0.3 is 15.1 Å². The molecule has 11 heteroatoms. The van der Waals surface area contributed by atoms with Crippen molar-refractivity contribution in [1.29, 1.82) is 0 Å². The number of amides is 1. The Balaban J connectivity index is 1.40. The van der Waals surface area contributed by atoms with Crippen LogP contribution in [-0.4, -0.2) is 63.3 Å². The maximum Gasteiger partial charge on any atom is 0.417 e. The van der Waals surface area contributed by atoms with E-state index in [0.717, 1.165) is 56.4 Å². The molecule has 0 bridgehead atoms. The van der Waals surface area contributed by atoms with Crippen molar-refractivity contribution < 1.29 is 18.0 Å². The SMILES string of the molecule is CCN1CCN(c2cc(CNC(=O)c3cnn(-c4ccc(C(F)(F)F)cn4)c3C)ccn2)CC1. The van der Waals surface area contributed by atoms with E-state index in [1.54, 1.807) is 13.1 Å². The number of nitrogens with zero attached hydrogens (tertiary/aromatic N) is 6. The van der Waals surface area contributed by atoms with Crippen LogP contribution in [0.2, 0.25) is 0 Å². The molecule has 1 N–H and O–H groups in total. The van der Waals surface area contributed by atoms with E-state index in [-0.39, 0.29) is 11.7 Å². The van der Waals surface area contributed by atoms with Crippen molar-refractivity contribution in [3.8, 4) is 5.82 Å². The van der Waals surface area contributed by atoms with Crippen LogP contribution < -0.4 is 10.2 Å². The van der Waals surface area contributed by atoms with Crippen molar-refractivity contribution in [2.45, 2.75) is 26.6 Å². The van der Waals surface area contributed by atoms with Gasteiger partial charge in [0.1, 0.15) is 5.82 Å². The van der Waals surface area contributed by atoms with Gasteiger partial charge in [-0.25, -0.2) is 14.6 Å². The molecule has 1 amide bonds. The zero-order chi connectivity index (χ0) is 24.3. The molecule has 0 atom stereocenters. The number of rotatable bonds is 6. The van der Waals surface area contributed by atoms with Crippen molar-refractivity contribution in [3.05, 3.63) is 65.2 Å². The Morgan fingerprint density at radius 3 is 2.47 bits per heavy atom. The van der Waals surface area contributed by atoms with Gasteiger partial charge in [0.25, 0.3) is 5.91 Å². The highest BCUT2D eigenvalue weighted by atomic mass is 19.4. The van der Waals surface area contributed by atoms with Crippen molar-refractivity contribution >= 4 is 11.7 Å². The Morgan fingerprint density at radius 2 is 1.82 bits per heavy atom. The number of likely N-dealkylation sites (N-methyl/N-ethyl adjacent to an activating group) is 1. The van der Waals surface area contributed by atoms with Gasteiger partial charge in [0.05, 0.1) is 23.0 Å². The average molecular weight is 474 g/mol. The van der Waals surface area contributed by atoms with Gasteiger partial charge in [-0.15, -0.1) is 0 Å². The molecule has 3 aromatic heterocycles. The number of pyridine rings is 2. The first-order chi connectivity index (χ1) is 16.3. The fourth-order valence-electron chi connectivity index (χ4n) is 3.86. The van der Waals surface area contributed by atoms with E-state index in [1.165, 1.54) is 16.9 Å². The first kappa shape index (κ1) is 23.7. The number of hydrogen-bond acceptors (Lipinski definition) is 6. The quantitative estimate of drug-likeness (QED) is 0.593. The molecular formula is C23H26F3N7O. The van der Waals surface area contributed by atoms with Crippen molar-refractivity contribution in [2.75, 3.05) is 37.6 Å². The summed E-state index contributed by atoms with van der Waals surface area (Å²) in [4.78, 5) is 25.7. The normalized spacial score (nSPS) is 14.9. The van der Waals surface area contributed by atoms with E-state index >= 15 is 0 Å². The van der Waals surface area contributed by atoms with E-state index in [0.29, 0.717) is 17.8 Å². The topological polar surface area (TPSA) is 79.2 Å². The van der Waals surface area contributed by atoms with Gasteiger partial charge in [0, 0.05) is 45.1 Å². The molecule has 8 nitrogen and oxygen atoms in total. The molecule has 1 saturated heterocycles. The third-order valence-corrected chi connectivity index (χ3v) is 5.95. The maximum absolute atomic E-state index is 12.8. The lowest BCUT2D eigenvalue weighted by Gasteiger charge is -2.34. The zero-order valence-electron chi connectivity index (χ0n) is 19.0. The molecule has 0 radical (unpaired) electrons. The molecule has 0 saturated carbocycles. The average Bonchev–Trinajstić information content (AvgIpc) is 3.23. The third-order valence-electron chi connectivity index (χ3n) is 5.95. The zero-order valence-corrected chi connectivity index (χ0v) is 19.0. The summed E-state index contributed by atoms with van der Waals surface area (Å²) in [6.45, 7) is 8.99. The predicted molar refractivity (Wildman–Crippen MR) is 121 cm³/mol. The minimum Gasteiger partial charge on any atom is -0.354 e. The van der Waals surface area contributed by atoms with E-state index in [9.17, 15) is 18.0 Å². The number of halogens is 3. The lowest BCUT2D eigenvalue weighted by atomic mass is 10.2. The molecule has 0 aromatic carbocycles. The molecule has 0 unspecified atom stereocenters. The number of carbonyl (C=O) groups excluding carboxylic acids is 1. The van der Waals surface area contributed by atoms with Crippen LogP contribution in [0.3, 0.4) is 0 Å². The molecule has 0 aliphatic carbocycles. The van der Waals surface area contributed by atoms with Crippen molar-refractivity contribution in [3.63, 3.8) is 0 Å². The van der Waals surface area contributed by atoms with Crippen LogP contribution in [0.4, 0.5) is 19.0 Å². The molecule has 3 aromatic rings. The molecule has 1 aliphatic rings. The first-order valence-electron chi connectivity index (χ1n) is 11.0. The van der Waals surface area contributed by atoms with E-state index < -0.39 is 11.7 Å². The summed E-state index contributed by atoms with van der Waals surface area (Å²) in [5.74, 6) is 0.761.